The average Bonchev–Trinajstić information content (AvgIpc) is 3.48. The van der Waals surface area contributed by atoms with Gasteiger partial charge in [0.1, 0.15) is 0 Å². The summed E-state index contributed by atoms with van der Waals surface area (Å²) in [4.78, 5) is 9.19. The van der Waals surface area contributed by atoms with E-state index in [2.05, 4.69) is 31.0 Å². The van der Waals surface area contributed by atoms with E-state index in [-0.39, 0.29) is 12.1 Å². The SMILES string of the molecule is Cn1cc(-c2cccc(-c3ncc(-c4cnn([C@@H]5CCCC(NS(C)(=O)=O)C5)c4)cn3)c2)cn1. The lowest BCUT2D eigenvalue weighted by Crippen LogP contribution is -2.38. The lowest BCUT2D eigenvalue weighted by Gasteiger charge is -2.29. The van der Waals surface area contributed by atoms with Crippen LogP contribution in [0.2, 0.25) is 0 Å². The number of sulfonamides is 1. The molecule has 5 rings (SSSR count). The van der Waals surface area contributed by atoms with Crippen molar-refractivity contribution in [1.29, 1.82) is 0 Å². The summed E-state index contributed by atoms with van der Waals surface area (Å²) < 4.78 is 29.7. The molecule has 3 aromatic heterocycles. The van der Waals surface area contributed by atoms with Crippen LogP contribution in [0.4, 0.5) is 0 Å². The average molecular weight is 478 g/mol. The molecule has 0 spiro atoms. The maximum atomic E-state index is 11.6. The van der Waals surface area contributed by atoms with E-state index in [0.717, 1.165) is 53.5 Å². The molecule has 1 fully saturated rings. The monoisotopic (exact) mass is 477 g/mol. The highest BCUT2D eigenvalue weighted by molar-refractivity contribution is 7.88. The zero-order valence-corrected chi connectivity index (χ0v) is 20.0. The van der Waals surface area contributed by atoms with Crippen molar-refractivity contribution >= 4 is 10.0 Å². The van der Waals surface area contributed by atoms with Crippen molar-refractivity contribution in [3.8, 4) is 33.6 Å². The van der Waals surface area contributed by atoms with Crippen molar-refractivity contribution in [2.75, 3.05) is 6.26 Å². The largest absolute Gasteiger partial charge is 0.275 e. The highest BCUT2D eigenvalue weighted by atomic mass is 32.2. The molecule has 9 nitrogen and oxygen atoms in total. The molecule has 0 bridgehead atoms. The smallest absolute Gasteiger partial charge is 0.208 e. The number of hydrogen-bond donors (Lipinski definition) is 1. The lowest BCUT2D eigenvalue weighted by atomic mass is 9.92. The summed E-state index contributed by atoms with van der Waals surface area (Å²) in [6.07, 6.45) is 16.0. The molecule has 3 heterocycles. The van der Waals surface area contributed by atoms with Crippen LogP contribution in [0.25, 0.3) is 33.6 Å². The molecule has 1 saturated carbocycles. The molecule has 0 radical (unpaired) electrons. The molecule has 1 aromatic carbocycles. The number of rotatable bonds is 6. The van der Waals surface area contributed by atoms with Crippen molar-refractivity contribution in [2.45, 2.75) is 37.8 Å². The first-order valence-corrected chi connectivity index (χ1v) is 13.2. The Labute approximate surface area is 198 Å². The second-order valence-electron chi connectivity index (χ2n) is 8.90. The van der Waals surface area contributed by atoms with Gasteiger partial charge in [-0.1, -0.05) is 18.2 Å². The number of benzene rings is 1. The minimum Gasteiger partial charge on any atom is -0.275 e. The minimum absolute atomic E-state index is 0.0496. The van der Waals surface area contributed by atoms with E-state index in [1.165, 1.54) is 6.26 Å². The van der Waals surface area contributed by atoms with Gasteiger partial charge in [0, 0.05) is 60.1 Å². The van der Waals surface area contributed by atoms with Gasteiger partial charge in [-0.05, 0) is 37.3 Å². The molecule has 1 aliphatic rings. The molecule has 176 valence electrons. The van der Waals surface area contributed by atoms with Crippen LogP contribution in [0.3, 0.4) is 0 Å². The van der Waals surface area contributed by atoms with Crippen molar-refractivity contribution in [3.05, 3.63) is 61.4 Å². The Bertz CT molecular complexity index is 1390. The predicted octanol–water partition coefficient (Wildman–Crippen LogP) is 3.44. The Morgan fingerprint density at radius 3 is 2.38 bits per heavy atom. The lowest BCUT2D eigenvalue weighted by molar-refractivity contribution is 0.289. The van der Waals surface area contributed by atoms with Crippen molar-refractivity contribution in [3.63, 3.8) is 0 Å². The quantitative estimate of drug-likeness (QED) is 0.456. The van der Waals surface area contributed by atoms with Gasteiger partial charge in [-0.3, -0.25) is 9.36 Å². The van der Waals surface area contributed by atoms with Crippen LogP contribution in [0, 0.1) is 0 Å². The molecular weight excluding hydrogens is 450 g/mol. The molecule has 34 heavy (non-hydrogen) atoms. The standard InChI is InChI=1S/C24H27N7O2S/c1-30-15-20(13-27-30)17-5-3-6-18(9-17)24-25-11-19(12-26-24)21-14-28-31(16-21)23-8-4-7-22(10-23)29-34(2,32)33/h3,5-6,9,11-16,22-23,29H,4,7-8,10H2,1-2H3/t22?,23-/m1/s1. The molecule has 1 N–H and O–H groups in total. The van der Waals surface area contributed by atoms with Gasteiger partial charge in [0.15, 0.2) is 5.82 Å². The maximum absolute atomic E-state index is 11.6. The number of hydrogen-bond acceptors (Lipinski definition) is 6. The van der Waals surface area contributed by atoms with E-state index in [1.807, 2.05) is 67.1 Å². The van der Waals surface area contributed by atoms with E-state index < -0.39 is 10.0 Å². The third-order valence-electron chi connectivity index (χ3n) is 6.15. The third-order valence-corrected chi connectivity index (χ3v) is 6.91. The highest BCUT2D eigenvalue weighted by Gasteiger charge is 2.26. The molecule has 10 heteroatoms. The Morgan fingerprint density at radius 2 is 1.65 bits per heavy atom. The van der Waals surface area contributed by atoms with Gasteiger partial charge in [0.05, 0.1) is 24.7 Å². The summed E-state index contributed by atoms with van der Waals surface area (Å²) in [5, 5.41) is 8.79. The van der Waals surface area contributed by atoms with E-state index in [1.54, 1.807) is 4.68 Å². The molecule has 1 unspecified atom stereocenters. The van der Waals surface area contributed by atoms with Gasteiger partial charge in [-0.15, -0.1) is 0 Å². The fourth-order valence-electron chi connectivity index (χ4n) is 4.54. The third kappa shape index (κ3) is 5.07. The van der Waals surface area contributed by atoms with E-state index >= 15 is 0 Å². The predicted molar refractivity (Wildman–Crippen MR) is 130 cm³/mol. The Balaban J connectivity index is 1.31. The van der Waals surface area contributed by atoms with Crippen LogP contribution in [0.1, 0.15) is 31.7 Å². The van der Waals surface area contributed by atoms with Crippen molar-refractivity contribution in [1.82, 2.24) is 34.3 Å². The highest BCUT2D eigenvalue weighted by Crippen LogP contribution is 2.30. The molecule has 1 aliphatic carbocycles. The van der Waals surface area contributed by atoms with Crippen LogP contribution in [-0.4, -0.2) is 50.2 Å². The fraction of sp³-hybridized carbons (Fsp3) is 0.333. The van der Waals surface area contributed by atoms with Crippen LogP contribution < -0.4 is 4.72 Å². The first-order valence-electron chi connectivity index (χ1n) is 11.3. The number of nitrogens with zero attached hydrogens (tertiary/aromatic N) is 6. The second kappa shape index (κ2) is 9.11. The number of aryl methyl sites for hydroxylation is 1. The summed E-state index contributed by atoms with van der Waals surface area (Å²) in [6, 6.07) is 8.22. The maximum Gasteiger partial charge on any atom is 0.208 e. The summed E-state index contributed by atoms with van der Waals surface area (Å²) >= 11 is 0. The van der Waals surface area contributed by atoms with E-state index in [0.29, 0.717) is 5.82 Å². The molecule has 4 aromatic rings. The zero-order chi connectivity index (χ0) is 23.7. The summed E-state index contributed by atoms with van der Waals surface area (Å²) in [5.41, 5.74) is 4.88. The van der Waals surface area contributed by atoms with Gasteiger partial charge in [0.2, 0.25) is 10.0 Å². The van der Waals surface area contributed by atoms with Crippen LogP contribution in [0.15, 0.2) is 61.4 Å². The van der Waals surface area contributed by atoms with Gasteiger partial charge in [0.25, 0.3) is 0 Å². The second-order valence-corrected chi connectivity index (χ2v) is 10.7. The van der Waals surface area contributed by atoms with E-state index in [4.69, 9.17) is 0 Å². The molecular formula is C24H27N7O2S. The minimum atomic E-state index is -3.21. The van der Waals surface area contributed by atoms with Crippen molar-refractivity contribution < 1.29 is 8.42 Å². The number of aromatic nitrogens is 6. The Kier molecular flexibility index (Phi) is 6.01. The van der Waals surface area contributed by atoms with Crippen LogP contribution in [-0.2, 0) is 17.1 Å². The molecule has 0 amide bonds. The normalized spacial score (nSPS) is 18.8. The van der Waals surface area contributed by atoms with Crippen molar-refractivity contribution in [2.24, 2.45) is 7.05 Å². The fourth-order valence-corrected chi connectivity index (χ4v) is 5.35. The Morgan fingerprint density at radius 1 is 0.912 bits per heavy atom. The van der Waals surface area contributed by atoms with E-state index in [9.17, 15) is 8.42 Å². The zero-order valence-electron chi connectivity index (χ0n) is 19.2. The van der Waals surface area contributed by atoms with Crippen LogP contribution >= 0.6 is 0 Å². The first-order chi connectivity index (χ1) is 16.3. The van der Waals surface area contributed by atoms with Gasteiger partial charge < -0.3 is 0 Å². The van der Waals surface area contributed by atoms with Gasteiger partial charge in [-0.25, -0.2) is 23.1 Å². The molecule has 0 saturated heterocycles. The first kappa shape index (κ1) is 22.4. The van der Waals surface area contributed by atoms with Gasteiger partial charge >= 0.3 is 0 Å². The summed E-state index contributed by atoms with van der Waals surface area (Å²) in [6.45, 7) is 0. The molecule has 0 aliphatic heterocycles. The summed E-state index contributed by atoms with van der Waals surface area (Å²) in [7, 11) is -1.31. The topological polar surface area (TPSA) is 108 Å². The van der Waals surface area contributed by atoms with Gasteiger partial charge in [-0.2, -0.15) is 10.2 Å². The Hall–Kier alpha value is -3.37. The molecule has 2 atom stereocenters. The van der Waals surface area contributed by atoms with Crippen LogP contribution in [0.5, 0.6) is 0 Å². The number of nitrogens with one attached hydrogen (secondary N) is 1. The summed E-state index contributed by atoms with van der Waals surface area (Å²) in [5.74, 6) is 0.656.